The van der Waals surface area contributed by atoms with Crippen LogP contribution in [-0.2, 0) is 6.54 Å². The van der Waals surface area contributed by atoms with Crippen molar-refractivity contribution in [1.29, 1.82) is 0 Å². The summed E-state index contributed by atoms with van der Waals surface area (Å²) in [7, 11) is 1.83. The SMILES string of the molecule is C=C(/C=c1/c(-c2nc3c(-c4cc(F)cc(CNC)c4)cncc3[nH]2)n[nH]/c1=C/C)c1cccnc1. The summed E-state index contributed by atoms with van der Waals surface area (Å²) in [5.41, 5.74) is 6.10. The van der Waals surface area contributed by atoms with Crippen molar-refractivity contribution in [3.05, 3.63) is 89.2 Å². The third kappa shape index (κ3) is 4.39. The minimum Gasteiger partial charge on any atom is -0.335 e. The van der Waals surface area contributed by atoms with E-state index in [2.05, 4.69) is 37.0 Å². The Balaban J connectivity index is 1.65. The first-order chi connectivity index (χ1) is 17.1. The van der Waals surface area contributed by atoms with Gasteiger partial charge in [-0.25, -0.2) is 9.37 Å². The van der Waals surface area contributed by atoms with Crippen LogP contribution in [-0.4, -0.2) is 37.2 Å². The Bertz CT molecular complexity index is 1650. The molecule has 4 aromatic heterocycles. The maximum Gasteiger partial charge on any atom is 0.159 e. The fourth-order valence-corrected chi connectivity index (χ4v) is 4.09. The molecule has 0 aliphatic heterocycles. The third-order valence-corrected chi connectivity index (χ3v) is 5.74. The number of H-pyrrole nitrogens is 2. The molecule has 0 spiro atoms. The van der Waals surface area contributed by atoms with E-state index in [1.54, 1.807) is 24.8 Å². The quantitative estimate of drug-likeness (QED) is 0.356. The molecule has 3 N–H and O–H groups in total. The Hall–Kier alpha value is -4.43. The third-order valence-electron chi connectivity index (χ3n) is 5.74. The van der Waals surface area contributed by atoms with Gasteiger partial charge in [-0.15, -0.1) is 0 Å². The van der Waals surface area contributed by atoms with Crippen molar-refractivity contribution < 1.29 is 4.39 Å². The van der Waals surface area contributed by atoms with Crippen molar-refractivity contribution in [1.82, 2.24) is 35.5 Å². The Morgan fingerprint density at radius 3 is 2.83 bits per heavy atom. The molecular formula is C27H24FN7. The molecule has 8 heteroatoms. The van der Waals surface area contributed by atoms with E-state index >= 15 is 0 Å². The van der Waals surface area contributed by atoms with Crippen LogP contribution in [0, 0.1) is 5.82 Å². The van der Waals surface area contributed by atoms with Gasteiger partial charge in [0.1, 0.15) is 11.5 Å². The van der Waals surface area contributed by atoms with Crippen LogP contribution in [0.25, 0.3) is 51.4 Å². The predicted octanol–water partition coefficient (Wildman–Crippen LogP) is 3.56. The molecule has 5 rings (SSSR count). The minimum absolute atomic E-state index is 0.304. The molecule has 35 heavy (non-hydrogen) atoms. The van der Waals surface area contributed by atoms with Crippen molar-refractivity contribution in [2.24, 2.45) is 0 Å². The summed E-state index contributed by atoms with van der Waals surface area (Å²) < 4.78 is 14.4. The summed E-state index contributed by atoms with van der Waals surface area (Å²) in [4.78, 5) is 16.7. The van der Waals surface area contributed by atoms with Gasteiger partial charge in [0, 0.05) is 35.9 Å². The number of allylic oxidation sites excluding steroid dienone is 1. The van der Waals surface area contributed by atoms with Crippen LogP contribution in [0.4, 0.5) is 4.39 Å². The van der Waals surface area contributed by atoms with Gasteiger partial charge in [0.15, 0.2) is 5.82 Å². The van der Waals surface area contributed by atoms with Crippen LogP contribution in [0.15, 0.2) is 61.7 Å². The van der Waals surface area contributed by atoms with Crippen LogP contribution in [0.2, 0.25) is 0 Å². The lowest BCUT2D eigenvalue weighted by Gasteiger charge is -2.06. The first kappa shape index (κ1) is 22.4. The number of fused-ring (bicyclic) bond motifs is 1. The molecule has 0 unspecified atom stereocenters. The maximum absolute atomic E-state index is 14.4. The van der Waals surface area contributed by atoms with Crippen LogP contribution in [0.3, 0.4) is 0 Å². The normalized spacial score (nSPS) is 12.5. The molecule has 0 radical (unpaired) electrons. The summed E-state index contributed by atoms with van der Waals surface area (Å²) >= 11 is 0. The standard InChI is InChI=1S/C27H24FN7/c1-4-23-21(8-16(2)18-6-5-7-30-13-18)26(35-34-23)27-32-24-15-31-14-22(25(24)33-27)19-9-17(12-29-3)10-20(28)11-19/h4-11,13-15,29,34H,2,12H2,1,3H3,(H,32,33)/b21-8+,23-4+. The van der Waals surface area contributed by atoms with Crippen LogP contribution in [0.1, 0.15) is 18.1 Å². The second-order valence-corrected chi connectivity index (χ2v) is 8.15. The molecular weight excluding hydrogens is 441 g/mol. The van der Waals surface area contributed by atoms with Gasteiger partial charge in [-0.1, -0.05) is 18.7 Å². The summed E-state index contributed by atoms with van der Waals surface area (Å²) in [5.74, 6) is 0.275. The molecule has 0 fully saturated rings. The van der Waals surface area contributed by atoms with Crippen LogP contribution < -0.4 is 15.9 Å². The zero-order valence-electron chi connectivity index (χ0n) is 19.4. The van der Waals surface area contributed by atoms with Gasteiger partial charge in [0.2, 0.25) is 0 Å². The molecule has 7 nitrogen and oxygen atoms in total. The first-order valence-corrected chi connectivity index (χ1v) is 11.2. The first-order valence-electron chi connectivity index (χ1n) is 11.2. The Kier molecular flexibility index (Phi) is 6.03. The average molecular weight is 466 g/mol. The largest absolute Gasteiger partial charge is 0.335 e. The molecule has 0 atom stereocenters. The van der Waals surface area contributed by atoms with Gasteiger partial charge >= 0.3 is 0 Å². The van der Waals surface area contributed by atoms with Gasteiger partial charge in [0.25, 0.3) is 0 Å². The predicted molar refractivity (Wildman–Crippen MR) is 137 cm³/mol. The molecule has 0 saturated carbocycles. The Morgan fingerprint density at radius 2 is 2.06 bits per heavy atom. The zero-order valence-corrected chi connectivity index (χ0v) is 19.4. The summed E-state index contributed by atoms with van der Waals surface area (Å²) in [6, 6.07) is 8.80. The number of halogens is 1. The Morgan fingerprint density at radius 1 is 1.17 bits per heavy atom. The molecule has 5 aromatic rings. The minimum atomic E-state index is -0.304. The lowest BCUT2D eigenvalue weighted by molar-refractivity contribution is 0.624. The van der Waals surface area contributed by atoms with E-state index in [1.807, 2.05) is 44.3 Å². The second kappa shape index (κ2) is 9.44. The molecule has 174 valence electrons. The topological polar surface area (TPSA) is 95.2 Å². The molecule has 1 aromatic carbocycles. The van der Waals surface area contributed by atoms with Gasteiger partial charge in [-0.2, -0.15) is 5.10 Å². The van der Waals surface area contributed by atoms with Crippen molar-refractivity contribution in [3.63, 3.8) is 0 Å². The second-order valence-electron chi connectivity index (χ2n) is 8.15. The van der Waals surface area contributed by atoms with Crippen molar-refractivity contribution in [3.8, 4) is 22.6 Å². The number of nitrogens with one attached hydrogen (secondary N) is 3. The highest BCUT2D eigenvalue weighted by molar-refractivity contribution is 5.93. The van der Waals surface area contributed by atoms with E-state index < -0.39 is 0 Å². The van der Waals surface area contributed by atoms with E-state index in [0.29, 0.717) is 29.1 Å². The van der Waals surface area contributed by atoms with Gasteiger partial charge in [-0.05, 0) is 66.6 Å². The fraction of sp³-hybridized carbons (Fsp3) is 0.111. The van der Waals surface area contributed by atoms with E-state index in [0.717, 1.165) is 38.3 Å². The highest BCUT2D eigenvalue weighted by Crippen LogP contribution is 2.29. The number of rotatable bonds is 6. The number of aromatic amines is 2. The van der Waals surface area contributed by atoms with Crippen LogP contribution in [0.5, 0.6) is 0 Å². The van der Waals surface area contributed by atoms with Crippen molar-refractivity contribution >= 4 is 28.8 Å². The summed E-state index contributed by atoms with van der Waals surface area (Å²) in [6.07, 6.45) is 10.8. The summed E-state index contributed by atoms with van der Waals surface area (Å²) in [6.45, 7) is 6.70. The molecule has 0 bridgehead atoms. The molecule has 0 amide bonds. The fourth-order valence-electron chi connectivity index (χ4n) is 4.09. The van der Waals surface area contributed by atoms with Gasteiger partial charge < -0.3 is 10.3 Å². The molecule has 4 heterocycles. The van der Waals surface area contributed by atoms with Crippen LogP contribution >= 0.6 is 0 Å². The number of benzene rings is 1. The van der Waals surface area contributed by atoms with Gasteiger partial charge in [0.05, 0.1) is 22.6 Å². The van der Waals surface area contributed by atoms with Crippen molar-refractivity contribution in [2.45, 2.75) is 13.5 Å². The van der Waals surface area contributed by atoms with E-state index in [-0.39, 0.29) is 5.82 Å². The average Bonchev–Trinajstić information content (AvgIpc) is 3.48. The number of nitrogens with zero attached hydrogens (tertiary/aromatic N) is 4. The highest BCUT2D eigenvalue weighted by atomic mass is 19.1. The van der Waals surface area contributed by atoms with Crippen molar-refractivity contribution in [2.75, 3.05) is 7.05 Å². The number of pyridine rings is 2. The molecule has 0 saturated heterocycles. The maximum atomic E-state index is 14.4. The number of aromatic nitrogens is 6. The number of imidazole rings is 1. The Labute approximate surface area is 201 Å². The lowest BCUT2D eigenvalue weighted by Crippen LogP contribution is -2.23. The van der Waals surface area contributed by atoms with E-state index in [1.165, 1.54) is 12.1 Å². The van der Waals surface area contributed by atoms with E-state index in [9.17, 15) is 4.39 Å². The molecule has 0 aliphatic carbocycles. The monoisotopic (exact) mass is 465 g/mol. The zero-order chi connectivity index (χ0) is 24.4. The highest BCUT2D eigenvalue weighted by Gasteiger charge is 2.15. The van der Waals surface area contributed by atoms with Gasteiger partial charge in [-0.3, -0.25) is 15.1 Å². The lowest BCUT2D eigenvalue weighted by atomic mass is 10.0. The smallest absolute Gasteiger partial charge is 0.159 e. The number of hydrogen-bond acceptors (Lipinski definition) is 5. The summed E-state index contributed by atoms with van der Waals surface area (Å²) in [5, 5.41) is 12.4. The van der Waals surface area contributed by atoms with E-state index in [4.69, 9.17) is 4.98 Å². The number of hydrogen-bond donors (Lipinski definition) is 3. The molecule has 0 aliphatic rings.